The zero-order valence-electron chi connectivity index (χ0n) is 17.1. The molecule has 0 aliphatic carbocycles. The van der Waals surface area contributed by atoms with E-state index < -0.39 is 17.1 Å². The molecule has 3 amide bonds. The van der Waals surface area contributed by atoms with Gasteiger partial charge in [0.1, 0.15) is 6.54 Å². The van der Waals surface area contributed by atoms with Crippen LogP contribution in [0.1, 0.15) is 22.3 Å². The second-order valence-electron chi connectivity index (χ2n) is 7.02. The number of carbonyl (C=O) groups excluding carboxylic acids is 3. The van der Waals surface area contributed by atoms with Crippen molar-refractivity contribution in [3.8, 4) is 11.5 Å². The van der Waals surface area contributed by atoms with Crippen molar-refractivity contribution >= 4 is 40.6 Å². The van der Waals surface area contributed by atoms with E-state index in [1.54, 1.807) is 12.1 Å². The van der Waals surface area contributed by atoms with Gasteiger partial charge in [-0.05, 0) is 67.4 Å². The lowest BCUT2D eigenvalue weighted by Gasteiger charge is -2.15. The Labute approximate surface area is 178 Å². The van der Waals surface area contributed by atoms with Crippen molar-refractivity contribution in [1.29, 1.82) is 0 Å². The second kappa shape index (κ2) is 8.62. The summed E-state index contributed by atoms with van der Waals surface area (Å²) in [5.41, 5.74) is 4.19. The maximum Gasteiger partial charge on any atom is 0.294 e. The number of hydrogen-bond acceptors (Lipinski definition) is 6. The number of anilines is 1. The first-order valence-electron chi connectivity index (χ1n) is 9.19. The molecule has 1 fully saturated rings. The van der Waals surface area contributed by atoms with Gasteiger partial charge in [-0.3, -0.25) is 19.3 Å². The van der Waals surface area contributed by atoms with Crippen LogP contribution in [0.2, 0.25) is 0 Å². The van der Waals surface area contributed by atoms with Gasteiger partial charge in [-0.1, -0.05) is 23.8 Å². The maximum atomic E-state index is 12.7. The molecule has 156 valence electrons. The number of aryl methyl sites for hydroxylation is 3. The van der Waals surface area contributed by atoms with Crippen LogP contribution in [0.5, 0.6) is 11.5 Å². The average Bonchev–Trinajstić information content (AvgIpc) is 2.93. The third kappa shape index (κ3) is 4.49. The molecule has 1 aliphatic heterocycles. The topological polar surface area (TPSA) is 95.9 Å². The standard InChI is InChI=1S/C22H22N2O5S/c1-12-7-13(2)20(14(3)8-12)23-19(26)11-24-21(27)18(30-22(24)28)10-15-5-6-16(25)17(9-15)29-4/h5-10,25H,11H2,1-4H3,(H,23,26)/b18-10+. The Bertz CT molecular complexity index is 1050. The van der Waals surface area contributed by atoms with Gasteiger partial charge in [-0.2, -0.15) is 0 Å². The van der Waals surface area contributed by atoms with Gasteiger partial charge in [-0.25, -0.2) is 0 Å². The number of amides is 3. The highest BCUT2D eigenvalue weighted by Crippen LogP contribution is 2.34. The Morgan fingerprint density at radius 2 is 1.83 bits per heavy atom. The number of nitrogens with zero attached hydrogens (tertiary/aromatic N) is 1. The molecule has 0 bridgehead atoms. The van der Waals surface area contributed by atoms with E-state index in [9.17, 15) is 19.5 Å². The molecule has 7 nitrogen and oxygen atoms in total. The molecule has 0 saturated carbocycles. The number of ether oxygens (including phenoxy) is 1. The van der Waals surface area contributed by atoms with Gasteiger partial charge in [0, 0.05) is 5.69 Å². The van der Waals surface area contributed by atoms with Crippen LogP contribution < -0.4 is 10.1 Å². The molecule has 0 atom stereocenters. The van der Waals surface area contributed by atoms with Crippen LogP contribution in [-0.2, 0) is 9.59 Å². The number of rotatable bonds is 5. The molecule has 1 heterocycles. The summed E-state index contributed by atoms with van der Waals surface area (Å²) in [4.78, 5) is 38.6. The molecule has 2 N–H and O–H groups in total. The number of benzene rings is 2. The van der Waals surface area contributed by atoms with Crippen LogP contribution in [0.25, 0.3) is 6.08 Å². The largest absolute Gasteiger partial charge is 0.504 e. The van der Waals surface area contributed by atoms with Gasteiger partial charge in [-0.15, -0.1) is 0 Å². The molecular weight excluding hydrogens is 404 g/mol. The van der Waals surface area contributed by atoms with E-state index in [-0.39, 0.29) is 22.9 Å². The van der Waals surface area contributed by atoms with E-state index in [1.807, 2.05) is 32.9 Å². The summed E-state index contributed by atoms with van der Waals surface area (Å²) in [7, 11) is 1.42. The summed E-state index contributed by atoms with van der Waals surface area (Å²) in [5, 5.41) is 12.0. The van der Waals surface area contributed by atoms with E-state index in [0.717, 1.165) is 33.4 Å². The molecule has 0 radical (unpaired) electrons. The van der Waals surface area contributed by atoms with Crippen molar-refractivity contribution in [3.63, 3.8) is 0 Å². The van der Waals surface area contributed by atoms with E-state index in [2.05, 4.69) is 5.32 Å². The number of carbonyl (C=O) groups is 3. The van der Waals surface area contributed by atoms with Crippen LogP contribution in [0.15, 0.2) is 35.2 Å². The van der Waals surface area contributed by atoms with Crippen molar-refractivity contribution in [1.82, 2.24) is 4.90 Å². The van der Waals surface area contributed by atoms with Crippen LogP contribution in [0, 0.1) is 20.8 Å². The minimum absolute atomic E-state index is 0.0267. The van der Waals surface area contributed by atoms with Crippen molar-refractivity contribution < 1.29 is 24.2 Å². The van der Waals surface area contributed by atoms with Gasteiger partial charge < -0.3 is 15.2 Å². The van der Waals surface area contributed by atoms with Gasteiger partial charge in [0.2, 0.25) is 5.91 Å². The van der Waals surface area contributed by atoms with Crippen molar-refractivity contribution in [2.75, 3.05) is 19.0 Å². The highest BCUT2D eigenvalue weighted by molar-refractivity contribution is 8.18. The number of methoxy groups -OCH3 is 1. The third-order valence-electron chi connectivity index (χ3n) is 4.62. The summed E-state index contributed by atoms with van der Waals surface area (Å²) in [6.07, 6.45) is 1.53. The minimum atomic E-state index is -0.537. The summed E-state index contributed by atoms with van der Waals surface area (Å²) in [6, 6.07) is 8.50. The smallest absolute Gasteiger partial charge is 0.294 e. The number of thioether (sulfide) groups is 1. The lowest BCUT2D eigenvalue weighted by Crippen LogP contribution is -2.36. The summed E-state index contributed by atoms with van der Waals surface area (Å²) in [5.74, 6) is -0.753. The molecule has 3 rings (SSSR count). The van der Waals surface area contributed by atoms with Crippen molar-refractivity contribution in [2.45, 2.75) is 20.8 Å². The predicted octanol–water partition coefficient (Wildman–Crippen LogP) is 4.00. The van der Waals surface area contributed by atoms with Gasteiger partial charge in [0.05, 0.1) is 12.0 Å². The SMILES string of the molecule is COc1cc(/C=C2/SC(=O)N(CC(=O)Nc3c(C)cc(C)cc3C)C2=O)ccc1O. The second-order valence-corrected chi connectivity index (χ2v) is 8.01. The first kappa shape index (κ1) is 21.4. The number of nitrogens with one attached hydrogen (secondary N) is 1. The Kier molecular flexibility index (Phi) is 6.17. The number of phenolic OH excluding ortho intramolecular Hbond substituents is 1. The van der Waals surface area contributed by atoms with Gasteiger partial charge in [0.15, 0.2) is 11.5 Å². The monoisotopic (exact) mass is 426 g/mol. The average molecular weight is 426 g/mol. The molecule has 0 spiro atoms. The Morgan fingerprint density at radius 1 is 1.17 bits per heavy atom. The van der Waals surface area contributed by atoms with E-state index >= 15 is 0 Å². The molecular formula is C22H22N2O5S. The zero-order chi connectivity index (χ0) is 22.0. The number of phenols is 1. The quantitative estimate of drug-likeness (QED) is 0.702. The van der Waals surface area contributed by atoms with Crippen molar-refractivity contribution in [2.24, 2.45) is 0 Å². The van der Waals surface area contributed by atoms with Crippen LogP contribution in [0.3, 0.4) is 0 Å². The highest BCUT2D eigenvalue weighted by Gasteiger charge is 2.36. The molecule has 0 unspecified atom stereocenters. The summed E-state index contributed by atoms with van der Waals surface area (Å²) < 4.78 is 5.05. The van der Waals surface area contributed by atoms with Crippen LogP contribution in [-0.4, -0.2) is 40.7 Å². The molecule has 0 aromatic heterocycles. The molecule has 2 aromatic carbocycles. The number of aromatic hydroxyl groups is 1. The van der Waals surface area contributed by atoms with Gasteiger partial charge >= 0.3 is 0 Å². The zero-order valence-corrected chi connectivity index (χ0v) is 17.9. The normalized spacial score (nSPS) is 15.1. The summed E-state index contributed by atoms with van der Waals surface area (Å²) in [6.45, 7) is 5.39. The van der Waals surface area contributed by atoms with E-state index in [0.29, 0.717) is 11.3 Å². The van der Waals surface area contributed by atoms with Crippen LogP contribution >= 0.6 is 11.8 Å². The van der Waals surface area contributed by atoms with Crippen molar-refractivity contribution in [3.05, 3.63) is 57.5 Å². The molecule has 8 heteroatoms. The molecule has 1 saturated heterocycles. The van der Waals surface area contributed by atoms with E-state index in [4.69, 9.17) is 4.74 Å². The fraction of sp³-hybridized carbons (Fsp3) is 0.227. The maximum absolute atomic E-state index is 12.7. The third-order valence-corrected chi connectivity index (χ3v) is 5.53. The first-order chi connectivity index (χ1) is 14.2. The highest BCUT2D eigenvalue weighted by atomic mass is 32.2. The fourth-order valence-electron chi connectivity index (χ4n) is 3.27. The predicted molar refractivity (Wildman–Crippen MR) is 117 cm³/mol. The summed E-state index contributed by atoms with van der Waals surface area (Å²) >= 11 is 0.766. The number of hydrogen-bond donors (Lipinski definition) is 2. The van der Waals surface area contributed by atoms with E-state index in [1.165, 1.54) is 19.3 Å². The number of imide groups is 1. The Balaban J connectivity index is 1.74. The molecule has 1 aliphatic rings. The molecule has 2 aromatic rings. The Hall–Kier alpha value is -3.26. The van der Waals surface area contributed by atoms with Gasteiger partial charge in [0.25, 0.3) is 11.1 Å². The fourth-order valence-corrected chi connectivity index (χ4v) is 4.11. The molecule has 30 heavy (non-hydrogen) atoms. The lowest BCUT2D eigenvalue weighted by atomic mass is 10.1. The Morgan fingerprint density at radius 3 is 2.47 bits per heavy atom. The first-order valence-corrected chi connectivity index (χ1v) is 10.0. The lowest BCUT2D eigenvalue weighted by molar-refractivity contribution is -0.127. The van der Waals surface area contributed by atoms with Crippen LogP contribution in [0.4, 0.5) is 10.5 Å². The minimum Gasteiger partial charge on any atom is -0.504 e.